The molecule has 0 saturated carbocycles. The lowest BCUT2D eigenvalue weighted by atomic mass is 10.2. The lowest BCUT2D eigenvalue weighted by molar-refractivity contribution is -0.140. The Hall–Kier alpha value is -2.32. The molecule has 2 amide bonds. The largest absolute Gasteiger partial charge is 0.481 e. The van der Waals surface area contributed by atoms with E-state index in [0.717, 1.165) is 11.0 Å². The highest BCUT2D eigenvalue weighted by molar-refractivity contribution is 5.89. The number of aliphatic carboxylic acids is 1. The van der Waals surface area contributed by atoms with Crippen LogP contribution < -0.4 is 5.32 Å². The van der Waals surface area contributed by atoms with E-state index in [-0.39, 0.29) is 18.7 Å². The van der Waals surface area contributed by atoms with Crippen LogP contribution in [-0.4, -0.2) is 35.6 Å². The van der Waals surface area contributed by atoms with Crippen LogP contribution in [0, 0.1) is 5.82 Å². The number of halogens is 4. The number of nitrogens with zero attached hydrogens (tertiary/aromatic N) is 1. The van der Waals surface area contributed by atoms with E-state index >= 15 is 0 Å². The van der Waals surface area contributed by atoms with Crippen LogP contribution in [-0.2, 0) is 11.0 Å². The summed E-state index contributed by atoms with van der Waals surface area (Å²) < 4.78 is 50.6. The predicted molar refractivity (Wildman–Crippen MR) is 65.3 cm³/mol. The second-order valence-corrected chi connectivity index (χ2v) is 4.19. The number of hydrogen-bond donors (Lipinski definition) is 2. The van der Waals surface area contributed by atoms with Crippen molar-refractivity contribution in [2.75, 3.05) is 18.9 Å². The summed E-state index contributed by atoms with van der Waals surface area (Å²) in [4.78, 5) is 23.0. The lowest BCUT2D eigenvalue weighted by Gasteiger charge is -2.17. The van der Waals surface area contributed by atoms with E-state index in [0.29, 0.717) is 12.1 Å². The molecule has 0 fully saturated rings. The summed E-state index contributed by atoms with van der Waals surface area (Å²) >= 11 is 0. The number of anilines is 1. The van der Waals surface area contributed by atoms with Crippen LogP contribution in [0.5, 0.6) is 0 Å². The number of hydrogen-bond acceptors (Lipinski definition) is 2. The zero-order chi connectivity index (χ0) is 16.2. The first-order valence-corrected chi connectivity index (χ1v) is 5.72. The Kier molecular flexibility index (Phi) is 5.12. The van der Waals surface area contributed by atoms with Crippen molar-refractivity contribution < 1.29 is 32.3 Å². The maximum absolute atomic E-state index is 13.1. The number of benzene rings is 1. The van der Waals surface area contributed by atoms with Crippen molar-refractivity contribution in [2.45, 2.75) is 12.6 Å². The highest BCUT2D eigenvalue weighted by Gasteiger charge is 2.34. The zero-order valence-corrected chi connectivity index (χ0v) is 10.9. The van der Waals surface area contributed by atoms with Crippen LogP contribution in [0.1, 0.15) is 12.0 Å². The summed E-state index contributed by atoms with van der Waals surface area (Å²) in [5.41, 5.74) is -1.73. The van der Waals surface area contributed by atoms with Crippen molar-refractivity contribution in [3.05, 3.63) is 29.6 Å². The van der Waals surface area contributed by atoms with Crippen molar-refractivity contribution in [1.29, 1.82) is 0 Å². The Morgan fingerprint density at radius 1 is 1.33 bits per heavy atom. The number of amides is 2. The number of urea groups is 1. The van der Waals surface area contributed by atoms with Crippen molar-refractivity contribution in [3.63, 3.8) is 0 Å². The maximum atomic E-state index is 13.1. The minimum atomic E-state index is -4.87. The van der Waals surface area contributed by atoms with Crippen LogP contribution in [0.15, 0.2) is 18.2 Å². The smallest absolute Gasteiger partial charge is 0.419 e. The fourth-order valence-electron chi connectivity index (χ4n) is 1.40. The fourth-order valence-corrected chi connectivity index (χ4v) is 1.40. The van der Waals surface area contributed by atoms with E-state index < -0.39 is 29.6 Å². The predicted octanol–water partition coefficient (Wildman–Crippen LogP) is 2.78. The van der Waals surface area contributed by atoms with Gasteiger partial charge in [0.05, 0.1) is 12.0 Å². The molecule has 0 unspecified atom stereocenters. The Morgan fingerprint density at radius 3 is 2.48 bits per heavy atom. The number of rotatable bonds is 4. The van der Waals surface area contributed by atoms with Gasteiger partial charge in [0.15, 0.2) is 0 Å². The maximum Gasteiger partial charge on any atom is 0.419 e. The SMILES string of the molecule is CN(CCC(=O)O)C(=O)Nc1ccc(F)c(C(F)(F)F)c1. The van der Waals surface area contributed by atoms with Gasteiger partial charge in [-0.2, -0.15) is 13.2 Å². The van der Waals surface area contributed by atoms with Gasteiger partial charge in [0.25, 0.3) is 0 Å². The quantitative estimate of drug-likeness (QED) is 0.840. The van der Waals surface area contributed by atoms with Gasteiger partial charge in [-0.3, -0.25) is 4.79 Å². The Balaban J connectivity index is 2.79. The Morgan fingerprint density at radius 2 is 1.95 bits per heavy atom. The van der Waals surface area contributed by atoms with Gasteiger partial charge >= 0.3 is 18.2 Å². The van der Waals surface area contributed by atoms with E-state index in [1.54, 1.807) is 0 Å². The van der Waals surface area contributed by atoms with E-state index in [1.807, 2.05) is 0 Å². The zero-order valence-electron chi connectivity index (χ0n) is 10.9. The highest BCUT2D eigenvalue weighted by Crippen LogP contribution is 2.32. The number of nitrogens with one attached hydrogen (secondary N) is 1. The van der Waals surface area contributed by atoms with E-state index in [9.17, 15) is 27.2 Å². The van der Waals surface area contributed by atoms with E-state index in [2.05, 4.69) is 5.32 Å². The number of carboxylic acids is 1. The molecular weight excluding hydrogens is 296 g/mol. The van der Waals surface area contributed by atoms with Crippen LogP contribution >= 0.6 is 0 Å². The number of carbonyl (C=O) groups is 2. The molecule has 21 heavy (non-hydrogen) atoms. The number of carbonyl (C=O) groups excluding carboxylic acids is 1. The molecule has 0 spiro atoms. The topological polar surface area (TPSA) is 69.6 Å². The van der Waals surface area contributed by atoms with Crippen molar-refractivity contribution >= 4 is 17.7 Å². The molecule has 0 atom stereocenters. The van der Waals surface area contributed by atoms with Gasteiger partial charge in [0, 0.05) is 19.3 Å². The average Bonchev–Trinajstić information content (AvgIpc) is 2.36. The molecule has 5 nitrogen and oxygen atoms in total. The third-order valence-electron chi connectivity index (χ3n) is 2.53. The van der Waals surface area contributed by atoms with Gasteiger partial charge in [-0.05, 0) is 18.2 Å². The molecule has 9 heteroatoms. The monoisotopic (exact) mass is 308 g/mol. The van der Waals surface area contributed by atoms with Gasteiger partial charge in [0.2, 0.25) is 0 Å². The van der Waals surface area contributed by atoms with Gasteiger partial charge in [-0.15, -0.1) is 0 Å². The Bertz CT molecular complexity index is 546. The van der Waals surface area contributed by atoms with E-state index in [4.69, 9.17) is 5.11 Å². The van der Waals surface area contributed by atoms with Crippen molar-refractivity contribution in [3.8, 4) is 0 Å². The summed E-state index contributed by atoms with van der Waals surface area (Å²) in [5, 5.41) is 10.6. The van der Waals surface area contributed by atoms with Gasteiger partial charge in [0.1, 0.15) is 5.82 Å². The molecule has 0 aliphatic carbocycles. The third-order valence-corrected chi connectivity index (χ3v) is 2.53. The van der Waals surface area contributed by atoms with Crippen LogP contribution in [0.4, 0.5) is 28.0 Å². The molecule has 1 rings (SSSR count). The summed E-state index contributed by atoms with van der Waals surface area (Å²) in [6.45, 7) is -0.117. The molecule has 0 aliphatic heterocycles. The number of carboxylic acid groups (broad SMARTS) is 1. The second kappa shape index (κ2) is 6.42. The van der Waals surface area contributed by atoms with Crippen molar-refractivity contribution in [1.82, 2.24) is 4.90 Å². The van der Waals surface area contributed by atoms with Crippen molar-refractivity contribution in [2.24, 2.45) is 0 Å². The molecule has 0 heterocycles. The number of alkyl halides is 3. The first-order valence-electron chi connectivity index (χ1n) is 5.72. The van der Waals surface area contributed by atoms with E-state index in [1.165, 1.54) is 7.05 Å². The third kappa shape index (κ3) is 4.93. The van der Waals surface area contributed by atoms with Crippen LogP contribution in [0.2, 0.25) is 0 Å². The highest BCUT2D eigenvalue weighted by atomic mass is 19.4. The lowest BCUT2D eigenvalue weighted by Crippen LogP contribution is -2.33. The molecular formula is C12H12F4N2O3. The van der Waals surface area contributed by atoms with Gasteiger partial charge in [-0.25, -0.2) is 9.18 Å². The molecule has 1 aromatic rings. The minimum Gasteiger partial charge on any atom is -0.481 e. The molecule has 0 bridgehead atoms. The second-order valence-electron chi connectivity index (χ2n) is 4.19. The standard InChI is InChI=1S/C12H12F4N2O3/c1-18(5-4-10(19)20)11(21)17-7-2-3-9(13)8(6-7)12(14,15)16/h2-3,6H,4-5H2,1H3,(H,17,21)(H,19,20). The van der Waals surface area contributed by atoms with Gasteiger partial charge in [-0.1, -0.05) is 0 Å². The molecule has 0 saturated heterocycles. The summed E-state index contributed by atoms with van der Waals surface area (Å²) in [6.07, 6.45) is -5.18. The minimum absolute atomic E-state index is 0.117. The molecule has 116 valence electrons. The summed E-state index contributed by atoms with van der Waals surface area (Å²) in [7, 11) is 1.28. The first-order chi connectivity index (χ1) is 9.61. The summed E-state index contributed by atoms with van der Waals surface area (Å²) in [5.74, 6) is -2.56. The fraction of sp³-hybridized carbons (Fsp3) is 0.333. The molecule has 2 N–H and O–H groups in total. The normalized spacial score (nSPS) is 11.1. The van der Waals surface area contributed by atoms with Crippen LogP contribution in [0.25, 0.3) is 0 Å². The molecule has 0 aliphatic rings. The van der Waals surface area contributed by atoms with Crippen LogP contribution in [0.3, 0.4) is 0 Å². The molecule has 0 radical (unpaired) electrons. The van der Waals surface area contributed by atoms with Gasteiger partial charge < -0.3 is 15.3 Å². The molecule has 1 aromatic carbocycles. The first kappa shape index (κ1) is 16.7. The molecule has 0 aromatic heterocycles. The average molecular weight is 308 g/mol. The Labute approximate surface area is 117 Å². The summed E-state index contributed by atoms with van der Waals surface area (Å²) in [6, 6.07) is 1.25.